The van der Waals surface area contributed by atoms with E-state index in [1.54, 1.807) is 17.1 Å². The van der Waals surface area contributed by atoms with Gasteiger partial charge in [0.2, 0.25) is 0 Å². The molecule has 0 spiro atoms. The molecule has 1 aliphatic rings. The number of rotatable bonds is 4. The molecule has 0 saturated carbocycles. The minimum Gasteiger partial charge on any atom is -0.379 e. The van der Waals surface area contributed by atoms with Crippen molar-refractivity contribution in [2.75, 3.05) is 13.2 Å². The molecule has 1 aliphatic heterocycles. The molecule has 1 fully saturated rings. The number of amides is 1. The van der Waals surface area contributed by atoms with Crippen LogP contribution in [0.5, 0.6) is 0 Å². The van der Waals surface area contributed by atoms with Gasteiger partial charge in [-0.15, -0.1) is 0 Å². The molecule has 1 N–H and O–H groups in total. The molecule has 140 valence electrons. The number of fused-ring (bicyclic) bond motifs is 1. The molecule has 7 heteroatoms. The minimum atomic E-state index is -0.100. The van der Waals surface area contributed by atoms with Gasteiger partial charge in [0.15, 0.2) is 5.65 Å². The molecule has 1 amide bonds. The third kappa shape index (κ3) is 3.42. The third-order valence-corrected chi connectivity index (χ3v) is 5.10. The Morgan fingerprint density at radius 2 is 2.07 bits per heavy atom. The number of nitrogens with zero attached hydrogens (tertiary/aromatic N) is 4. The molecule has 2 atom stereocenters. The van der Waals surface area contributed by atoms with Crippen LogP contribution in [-0.2, 0) is 18.2 Å². The second-order valence-electron chi connectivity index (χ2n) is 7.16. The van der Waals surface area contributed by atoms with Crippen molar-refractivity contribution in [2.24, 2.45) is 13.0 Å². The van der Waals surface area contributed by atoms with E-state index in [9.17, 15) is 4.79 Å². The van der Waals surface area contributed by atoms with Crippen LogP contribution < -0.4 is 5.32 Å². The van der Waals surface area contributed by atoms with Crippen molar-refractivity contribution in [2.45, 2.75) is 26.3 Å². The number of hydrogen-bond donors (Lipinski definition) is 1. The van der Waals surface area contributed by atoms with Crippen molar-refractivity contribution < 1.29 is 9.53 Å². The maximum atomic E-state index is 13.1. The molecule has 1 saturated heterocycles. The first-order valence-electron chi connectivity index (χ1n) is 9.11. The Morgan fingerprint density at radius 1 is 1.30 bits per heavy atom. The van der Waals surface area contributed by atoms with Gasteiger partial charge in [-0.1, -0.05) is 0 Å². The van der Waals surface area contributed by atoms with Crippen molar-refractivity contribution in [3.05, 3.63) is 53.1 Å². The molecule has 0 bridgehead atoms. The number of aromatic nitrogens is 4. The van der Waals surface area contributed by atoms with Crippen LogP contribution in [-0.4, -0.2) is 44.9 Å². The summed E-state index contributed by atoms with van der Waals surface area (Å²) in [7, 11) is 1.85. The molecular formula is C20H23N5O2. The standard InChI is InChI=1S/C20H23N5O2/c1-12-8-16(18-13(2)24-25(3)19(18)22-12)20(26)23-17-11-27-10-15(17)9-14-4-6-21-7-5-14/h4-8,15,17H,9-11H2,1-3H3,(H,23,26). The topological polar surface area (TPSA) is 81.9 Å². The molecule has 4 rings (SSSR count). The number of ether oxygens (including phenoxy) is 1. The normalized spacial score (nSPS) is 19.5. The quantitative estimate of drug-likeness (QED) is 0.764. The van der Waals surface area contributed by atoms with Crippen LogP contribution in [0, 0.1) is 19.8 Å². The van der Waals surface area contributed by atoms with Crippen molar-refractivity contribution in [3.8, 4) is 0 Å². The summed E-state index contributed by atoms with van der Waals surface area (Å²) in [5, 5.41) is 8.41. The van der Waals surface area contributed by atoms with E-state index in [0.717, 1.165) is 28.8 Å². The first kappa shape index (κ1) is 17.6. The van der Waals surface area contributed by atoms with Crippen LogP contribution in [0.25, 0.3) is 11.0 Å². The number of aryl methyl sites for hydroxylation is 3. The summed E-state index contributed by atoms with van der Waals surface area (Å²) < 4.78 is 7.38. The zero-order valence-electron chi connectivity index (χ0n) is 15.8. The van der Waals surface area contributed by atoms with Crippen LogP contribution in [0.2, 0.25) is 0 Å². The molecule has 3 aromatic rings. The largest absolute Gasteiger partial charge is 0.379 e. The van der Waals surface area contributed by atoms with E-state index in [0.29, 0.717) is 18.8 Å². The number of carbonyl (C=O) groups is 1. The molecule has 0 aromatic carbocycles. The zero-order chi connectivity index (χ0) is 19.0. The summed E-state index contributed by atoms with van der Waals surface area (Å²) in [6.07, 6.45) is 4.44. The lowest BCUT2D eigenvalue weighted by molar-refractivity contribution is 0.0926. The number of nitrogens with one attached hydrogen (secondary N) is 1. The minimum absolute atomic E-state index is 0.0221. The summed E-state index contributed by atoms with van der Waals surface area (Å²) in [5.74, 6) is 0.140. The Kier molecular flexibility index (Phi) is 4.61. The smallest absolute Gasteiger partial charge is 0.252 e. The Labute approximate surface area is 157 Å². The van der Waals surface area contributed by atoms with Gasteiger partial charge >= 0.3 is 0 Å². The van der Waals surface area contributed by atoms with Crippen LogP contribution in [0.15, 0.2) is 30.6 Å². The fourth-order valence-corrected chi connectivity index (χ4v) is 3.78. The summed E-state index contributed by atoms with van der Waals surface area (Å²) in [4.78, 5) is 21.7. The maximum absolute atomic E-state index is 13.1. The summed E-state index contributed by atoms with van der Waals surface area (Å²) in [6, 6.07) is 5.82. The van der Waals surface area contributed by atoms with Gasteiger partial charge in [-0.2, -0.15) is 5.10 Å². The van der Waals surface area contributed by atoms with Gasteiger partial charge in [-0.3, -0.25) is 14.5 Å². The number of pyridine rings is 2. The van der Waals surface area contributed by atoms with Crippen LogP contribution in [0.1, 0.15) is 27.3 Å². The summed E-state index contributed by atoms with van der Waals surface area (Å²) in [5.41, 5.74) is 4.16. The first-order valence-corrected chi connectivity index (χ1v) is 9.11. The average Bonchev–Trinajstić information content (AvgIpc) is 3.19. The first-order chi connectivity index (χ1) is 13.0. The van der Waals surface area contributed by atoms with E-state index >= 15 is 0 Å². The number of carbonyl (C=O) groups excluding carboxylic acids is 1. The monoisotopic (exact) mass is 365 g/mol. The second-order valence-corrected chi connectivity index (χ2v) is 7.16. The van der Waals surface area contributed by atoms with Gasteiger partial charge in [-0.05, 0) is 44.0 Å². The third-order valence-electron chi connectivity index (χ3n) is 5.10. The fraction of sp³-hybridized carbons (Fsp3) is 0.400. The van der Waals surface area contributed by atoms with Crippen molar-refractivity contribution in [1.82, 2.24) is 25.1 Å². The SMILES string of the molecule is Cc1cc(C(=O)NC2COCC2Cc2ccncc2)c2c(C)nn(C)c2n1. The van der Waals surface area contributed by atoms with Crippen molar-refractivity contribution >= 4 is 16.9 Å². The van der Waals surface area contributed by atoms with Gasteiger partial charge in [-0.25, -0.2) is 4.98 Å². The highest BCUT2D eigenvalue weighted by molar-refractivity contribution is 6.06. The van der Waals surface area contributed by atoms with E-state index in [1.807, 2.05) is 39.1 Å². The highest BCUT2D eigenvalue weighted by Crippen LogP contribution is 2.23. The Balaban J connectivity index is 1.58. The summed E-state index contributed by atoms with van der Waals surface area (Å²) >= 11 is 0. The average molecular weight is 365 g/mol. The number of hydrogen-bond acceptors (Lipinski definition) is 5. The van der Waals surface area contributed by atoms with Crippen LogP contribution in [0.3, 0.4) is 0 Å². The highest BCUT2D eigenvalue weighted by Gasteiger charge is 2.30. The Bertz CT molecular complexity index is 983. The summed E-state index contributed by atoms with van der Waals surface area (Å²) in [6.45, 7) is 4.97. The molecule has 0 radical (unpaired) electrons. The molecular weight excluding hydrogens is 342 g/mol. The van der Waals surface area contributed by atoms with Gasteiger partial charge in [0.25, 0.3) is 5.91 Å². The molecule has 27 heavy (non-hydrogen) atoms. The van der Waals surface area contributed by atoms with Crippen LogP contribution in [0.4, 0.5) is 0 Å². The highest BCUT2D eigenvalue weighted by atomic mass is 16.5. The fourth-order valence-electron chi connectivity index (χ4n) is 3.78. The van der Waals surface area contributed by atoms with Gasteiger partial charge in [0.1, 0.15) is 0 Å². The molecule has 2 unspecified atom stereocenters. The molecule has 3 aromatic heterocycles. The lowest BCUT2D eigenvalue weighted by Gasteiger charge is -2.19. The van der Waals surface area contributed by atoms with E-state index < -0.39 is 0 Å². The van der Waals surface area contributed by atoms with E-state index in [1.165, 1.54) is 5.56 Å². The lowest BCUT2D eigenvalue weighted by atomic mass is 9.95. The second kappa shape index (κ2) is 7.08. The van der Waals surface area contributed by atoms with Crippen LogP contribution >= 0.6 is 0 Å². The zero-order valence-corrected chi connectivity index (χ0v) is 15.8. The molecule has 4 heterocycles. The predicted octanol–water partition coefficient (Wildman–Crippen LogP) is 1.97. The Hall–Kier alpha value is -2.80. The van der Waals surface area contributed by atoms with E-state index in [2.05, 4.69) is 20.4 Å². The maximum Gasteiger partial charge on any atom is 0.252 e. The molecule has 0 aliphatic carbocycles. The van der Waals surface area contributed by atoms with Gasteiger partial charge in [0.05, 0.1) is 35.9 Å². The van der Waals surface area contributed by atoms with Gasteiger partial charge < -0.3 is 10.1 Å². The van der Waals surface area contributed by atoms with Crippen molar-refractivity contribution in [1.29, 1.82) is 0 Å². The Morgan fingerprint density at radius 3 is 2.85 bits per heavy atom. The predicted molar refractivity (Wildman–Crippen MR) is 101 cm³/mol. The molecule has 7 nitrogen and oxygen atoms in total. The van der Waals surface area contributed by atoms with E-state index in [4.69, 9.17) is 4.74 Å². The lowest BCUT2D eigenvalue weighted by Crippen LogP contribution is -2.40. The van der Waals surface area contributed by atoms with E-state index in [-0.39, 0.29) is 17.9 Å². The van der Waals surface area contributed by atoms with Crippen molar-refractivity contribution in [3.63, 3.8) is 0 Å². The van der Waals surface area contributed by atoms with Gasteiger partial charge in [0, 0.05) is 31.1 Å².